The molecule has 1 heterocycles. The predicted molar refractivity (Wildman–Crippen MR) is 52.5 cm³/mol. The average Bonchev–Trinajstić information content (AvgIpc) is 2.18. The molecule has 0 aromatic carbocycles. The van der Waals surface area contributed by atoms with E-state index in [9.17, 15) is 8.42 Å². The van der Waals surface area contributed by atoms with E-state index in [2.05, 4.69) is 10.8 Å². The Morgan fingerprint density at radius 3 is 2.93 bits per heavy atom. The molecule has 0 spiro atoms. The van der Waals surface area contributed by atoms with Crippen molar-refractivity contribution in [2.75, 3.05) is 19.6 Å². The Balaban J connectivity index is 2.65. The SMILES string of the molecule is CCNS(=O)(=O)N1CCCC(C#N)C1. The van der Waals surface area contributed by atoms with Crippen LogP contribution in [0.1, 0.15) is 19.8 Å². The summed E-state index contributed by atoms with van der Waals surface area (Å²) in [5.74, 6) is -0.155. The van der Waals surface area contributed by atoms with Gasteiger partial charge in [-0.15, -0.1) is 0 Å². The topological polar surface area (TPSA) is 73.2 Å². The Morgan fingerprint density at radius 2 is 2.36 bits per heavy atom. The molecule has 0 saturated carbocycles. The van der Waals surface area contributed by atoms with E-state index in [-0.39, 0.29) is 5.92 Å². The number of nitrogens with one attached hydrogen (secondary N) is 1. The van der Waals surface area contributed by atoms with Crippen molar-refractivity contribution in [2.24, 2.45) is 5.92 Å². The first-order valence-corrected chi connectivity index (χ1v) is 6.18. The maximum Gasteiger partial charge on any atom is 0.279 e. The van der Waals surface area contributed by atoms with E-state index in [0.29, 0.717) is 19.6 Å². The van der Waals surface area contributed by atoms with Crippen molar-refractivity contribution in [3.8, 4) is 6.07 Å². The van der Waals surface area contributed by atoms with Gasteiger partial charge in [0.2, 0.25) is 0 Å². The van der Waals surface area contributed by atoms with Gasteiger partial charge in [-0.2, -0.15) is 18.0 Å². The second kappa shape index (κ2) is 4.73. The van der Waals surface area contributed by atoms with Crippen molar-refractivity contribution in [1.82, 2.24) is 9.03 Å². The summed E-state index contributed by atoms with van der Waals surface area (Å²) < 4.78 is 26.9. The molecular formula is C8H15N3O2S. The van der Waals surface area contributed by atoms with Gasteiger partial charge in [0, 0.05) is 19.6 Å². The third-order valence-electron chi connectivity index (χ3n) is 2.23. The lowest BCUT2D eigenvalue weighted by Gasteiger charge is -2.28. The summed E-state index contributed by atoms with van der Waals surface area (Å²) in [6.45, 7) is 2.97. The van der Waals surface area contributed by atoms with Gasteiger partial charge in [0.05, 0.1) is 12.0 Å². The Kier molecular flexibility index (Phi) is 3.86. The quantitative estimate of drug-likeness (QED) is 0.727. The van der Waals surface area contributed by atoms with Crippen LogP contribution in [-0.4, -0.2) is 32.4 Å². The van der Waals surface area contributed by atoms with Crippen molar-refractivity contribution >= 4 is 10.2 Å². The van der Waals surface area contributed by atoms with Crippen LogP contribution in [0.3, 0.4) is 0 Å². The van der Waals surface area contributed by atoms with Crippen LogP contribution >= 0.6 is 0 Å². The lowest BCUT2D eigenvalue weighted by Crippen LogP contribution is -2.45. The van der Waals surface area contributed by atoms with Crippen LogP contribution in [0.25, 0.3) is 0 Å². The van der Waals surface area contributed by atoms with Gasteiger partial charge in [0.25, 0.3) is 10.2 Å². The van der Waals surface area contributed by atoms with Gasteiger partial charge in [-0.05, 0) is 12.8 Å². The van der Waals surface area contributed by atoms with E-state index in [1.807, 2.05) is 0 Å². The summed E-state index contributed by atoms with van der Waals surface area (Å²) in [6, 6.07) is 2.11. The van der Waals surface area contributed by atoms with Crippen LogP contribution < -0.4 is 4.72 Å². The minimum absolute atomic E-state index is 0.155. The van der Waals surface area contributed by atoms with Crippen LogP contribution in [0.4, 0.5) is 0 Å². The third-order valence-corrected chi connectivity index (χ3v) is 3.90. The molecule has 0 aromatic heterocycles. The van der Waals surface area contributed by atoms with Crippen LogP contribution in [0, 0.1) is 17.2 Å². The second-order valence-corrected chi connectivity index (χ2v) is 5.08. The molecule has 0 bridgehead atoms. The van der Waals surface area contributed by atoms with E-state index in [4.69, 9.17) is 5.26 Å². The van der Waals surface area contributed by atoms with Crippen molar-refractivity contribution in [1.29, 1.82) is 5.26 Å². The molecular weight excluding hydrogens is 202 g/mol. The highest BCUT2D eigenvalue weighted by molar-refractivity contribution is 7.87. The van der Waals surface area contributed by atoms with E-state index >= 15 is 0 Å². The molecule has 0 radical (unpaired) electrons. The molecule has 80 valence electrons. The van der Waals surface area contributed by atoms with Gasteiger partial charge in [0.15, 0.2) is 0 Å². The zero-order chi connectivity index (χ0) is 10.6. The Hall–Kier alpha value is -0.640. The maximum atomic E-state index is 11.6. The normalized spacial score (nSPS) is 24.4. The molecule has 1 rings (SSSR count). The van der Waals surface area contributed by atoms with Crippen LogP contribution in [0.5, 0.6) is 0 Å². The smallest absolute Gasteiger partial charge is 0.202 e. The van der Waals surface area contributed by atoms with Crippen molar-refractivity contribution in [2.45, 2.75) is 19.8 Å². The minimum Gasteiger partial charge on any atom is -0.202 e. The standard InChI is InChI=1S/C8H15N3O2S/c1-2-10-14(12,13)11-5-3-4-8(6-9)7-11/h8,10H,2-5,7H2,1H3. The van der Waals surface area contributed by atoms with Crippen molar-refractivity contribution < 1.29 is 8.42 Å². The Labute approximate surface area is 84.9 Å². The summed E-state index contributed by atoms with van der Waals surface area (Å²) in [6.07, 6.45) is 1.57. The minimum atomic E-state index is -3.34. The van der Waals surface area contributed by atoms with Gasteiger partial charge in [0.1, 0.15) is 0 Å². The molecule has 0 aromatic rings. The summed E-state index contributed by atoms with van der Waals surface area (Å²) in [7, 11) is -3.34. The molecule has 5 nitrogen and oxygen atoms in total. The Morgan fingerprint density at radius 1 is 1.64 bits per heavy atom. The largest absolute Gasteiger partial charge is 0.279 e. The van der Waals surface area contributed by atoms with Crippen LogP contribution in [0.2, 0.25) is 0 Å². The summed E-state index contributed by atoms with van der Waals surface area (Å²) in [5, 5.41) is 8.71. The number of hydrogen-bond acceptors (Lipinski definition) is 3. The molecule has 1 saturated heterocycles. The fraction of sp³-hybridized carbons (Fsp3) is 0.875. The van der Waals surface area contributed by atoms with Crippen LogP contribution in [0.15, 0.2) is 0 Å². The zero-order valence-corrected chi connectivity index (χ0v) is 9.05. The highest BCUT2D eigenvalue weighted by Crippen LogP contribution is 2.17. The van der Waals surface area contributed by atoms with E-state index in [0.717, 1.165) is 12.8 Å². The first kappa shape index (κ1) is 11.4. The number of rotatable bonds is 3. The van der Waals surface area contributed by atoms with Gasteiger partial charge < -0.3 is 0 Å². The van der Waals surface area contributed by atoms with Gasteiger partial charge >= 0.3 is 0 Å². The highest BCUT2D eigenvalue weighted by atomic mass is 32.2. The number of nitriles is 1. The third kappa shape index (κ3) is 2.67. The average molecular weight is 217 g/mol. The molecule has 1 unspecified atom stereocenters. The number of piperidine rings is 1. The number of nitrogens with zero attached hydrogens (tertiary/aromatic N) is 2. The van der Waals surface area contributed by atoms with Gasteiger partial charge in [-0.1, -0.05) is 6.92 Å². The first-order chi connectivity index (χ1) is 6.60. The summed E-state index contributed by atoms with van der Waals surface area (Å²) in [5.41, 5.74) is 0. The fourth-order valence-corrected chi connectivity index (χ4v) is 2.83. The molecule has 14 heavy (non-hydrogen) atoms. The highest BCUT2D eigenvalue weighted by Gasteiger charge is 2.27. The molecule has 1 N–H and O–H groups in total. The summed E-state index contributed by atoms with van der Waals surface area (Å²) >= 11 is 0. The maximum absolute atomic E-state index is 11.6. The Bertz CT molecular complexity index is 320. The molecule has 1 aliphatic rings. The lowest BCUT2D eigenvalue weighted by atomic mass is 10.0. The first-order valence-electron chi connectivity index (χ1n) is 4.74. The predicted octanol–water partition coefficient (Wildman–Crippen LogP) is 0.0763. The van der Waals surface area contributed by atoms with Gasteiger partial charge in [-0.3, -0.25) is 0 Å². The van der Waals surface area contributed by atoms with Gasteiger partial charge in [-0.25, -0.2) is 4.72 Å². The monoisotopic (exact) mass is 217 g/mol. The lowest BCUT2D eigenvalue weighted by molar-refractivity contribution is 0.302. The molecule has 1 atom stereocenters. The summed E-state index contributed by atoms with van der Waals surface area (Å²) in [4.78, 5) is 0. The fourth-order valence-electron chi connectivity index (χ4n) is 1.54. The molecule has 1 aliphatic heterocycles. The molecule has 0 aliphatic carbocycles. The van der Waals surface area contributed by atoms with E-state index < -0.39 is 10.2 Å². The van der Waals surface area contributed by atoms with Crippen molar-refractivity contribution in [3.63, 3.8) is 0 Å². The number of hydrogen-bond donors (Lipinski definition) is 1. The van der Waals surface area contributed by atoms with Crippen LogP contribution in [-0.2, 0) is 10.2 Å². The van der Waals surface area contributed by atoms with Crippen molar-refractivity contribution in [3.05, 3.63) is 0 Å². The second-order valence-electron chi connectivity index (χ2n) is 3.33. The van der Waals surface area contributed by atoms with E-state index in [1.54, 1.807) is 6.92 Å². The molecule has 6 heteroatoms. The molecule has 0 amide bonds. The molecule has 1 fully saturated rings. The zero-order valence-electron chi connectivity index (χ0n) is 8.23. The van der Waals surface area contributed by atoms with E-state index in [1.165, 1.54) is 4.31 Å².